The molecule has 9 nitrogen and oxygen atoms in total. The minimum atomic E-state index is -0.523. The van der Waals surface area contributed by atoms with Crippen molar-refractivity contribution in [2.24, 2.45) is 17.8 Å². The first-order chi connectivity index (χ1) is 20.1. The molecule has 0 aromatic carbocycles. The Kier molecular flexibility index (Phi) is 7.96. The van der Waals surface area contributed by atoms with Crippen molar-refractivity contribution >= 4 is 12.0 Å². The number of rotatable bonds is 7. The van der Waals surface area contributed by atoms with Crippen LogP contribution in [0.25, 0.3) is 0 Å². The van der Waals surface area contributed by atoms with E-state index in [4.69, 9.17) is 14.6 Å². The fourth-order valence-corrected chi connectivity index (χ4v) is 7.42. The lowest BCUT2D eigenvalue weighted by molar-refractivity contribution is 0.0473. The molecule has 6 rings (SSSR count). The van der Waals surface area contributed by atoms with Gasteiger partial charge in [-0.25, -0.2) is 9.78 Å². The van der Waals surface area contributed by atoms with Gasteiger partial charge < -0.3 is 19.7 Å². The molecule has 2 saturated carbocycles. The largest absolute Gasteiger partial charge is 0.474 e. The standard InChI is InChI=1S/C33H47N5O4/c1-20-7-6-15-34-30(20)41-24-10-8-22(9-11-24)12-18-38-26-19-25-21(2)27(25)28(26)29(36-38)31(39)37-16-13-23(14-17-37)35-32(40)42-33(3,4)5/h6-7,15,21-25,27H,8-14,16-19H2,1-5H3,(H,35,40)/t21-,22?,24?,25+,27-/m1/s1. The lowest BCUT2D eigenvalue weighted by atomic mass is 9.85. The first kappa shape index (κ1) is 29.0. The smallest absolute Gasteiger partial charge is 0.407 e. The Bertz CT molecular complexity index is 1300. The third-order valence-electron chi connectivity index (χ3n) is 9.91. The Hall–Kier alpha value is -3.10. The predicted octanol–water partition coefficient (Wildman–Crippen LogP) is 5.65. The van der Waals surface area contributed by atoms with E-state index >= 15 is 0 Å². The van der Waals surface area contributed by atoms with Crippen LogP contribution in [0.3, 0.4) is 0 Å². The van der Waals surface area contributed by atoms with Gasteiger partial charge in [0.25, 0.3) is 5.91 Å². The molecule has 0 bridgehead atoms. The summed E-state index contributed by atoms with van der Waals surface area (Å²) in [4.78, 5) is 32.3. The summed E-state index contributed by atoms with van der Waals surface area (Å²) in [6.45, 7) is 12.1. The maximum absolute atomic E-state index is 13.8. The van der Waals surface area contributed by atoms with E-state index in [9.17, 15) is 9.59 Å². The van der Waals surface area contributed by atoms with Crippen LogP contribution in [0.4, 0.5) is 4.79 Å². The highest BCUT2D eigenvalue weighted by Crippen LogP contribution is 2.62. The van der Waals surface area contributed by atoms with Crippen molar-refractivity contribution in [1.29, 1.82) is 0 Å². The maximum atomic E-state index is 13.8. The summed E-state index contributed by atoms with van der Waals surface area (Å²) in [6, 6.07) is 4.02. The summed E-state index contributed by atoms with van der Waals surface area (Å²) < 4.78 is 13.8. The molecule has 0 spiro atoms. The SMILES string of the molecule is Cc1cccnc1OC1CCC(CCn2nc(C(=O)N3CCC(NC(=O)OC(C)(C)C)CC3)c3c2C[C@H]2[C@@H](C)[C@@H]32)CC1. The summed E-state index contributed by atoms with van der Waals surface area (Å²) in [7, 11) is 0. The molecule has 4 aliphatic rings. The molecule has 2 aromatic rings. The molecule has 1 aliphatic heterocycles. The van der Waals surface area contributed by atoms with Crippen LogP contribution in [0.15, 0.2) is 18.3 Å². The number of carbonyl (C=O) groups is 2. The average molecular weight is 578 g/mol. The highest BCUT2D eigenvalue weighted by atomic mass is 16.6. The first-order valence-electron chi connectivity index (χ1n) is 16.0. The normalized spacial score (nSPS) is 27.3. The van der Waals surface area contributed by atoms with Gasteiger partial charge in [-0.3, -0.25) is 9.48 Å². The molecule has 3 fully saturated rings. The molecule has 2 amide bonds. The molecule has 1 N–H and O–H groups in total. The van der Waals surface area contributed by atoms with Gasteiger partial charge >= 0.3 is 6.09 Å². The van der Waals surface area contributed by atoms with Crippen molar-refractivity contribution < 1.29 is 19.1 Å². The van der Waals surface area contributed by atoms with Crippen molar-refractivity contribution in [3.05, 3.63) is 40.8 Å². The number of hydrogen-bond acceptors (Lipinski definition) is 6. The quantitative estimate of drug-likeness (QED) is 0.457. The van der Waals surface area contributed by atoms with E-state index in [2.05, 4.69) is 21.9 Å². The van der Waals surface area contributed by atoms with E-state index in [1.54, 1.807) is 6.20 Å². The maximum Gasteiger partial charge on any atom is 0.407 e. The average Bonchev–Trinajstić information content (AvgIpc) is 3.25. The molecule has 0 radical (unpaired) electrons. The van der Waals surface area contributed by atoms with Gasteiger partial charge in [0, 0.05) is 48.7 Å². The molecular weight excluding hydrogens is 530 g/mol. The number of aromatic nitrogens is 3. The van der Waals surface area contributed by atoms with Crippen LogP contribution >= 0.6 is 0 Å². The van der Waals surface area contributed by atoms with Crippen molar-refractivity contribution in [3.8, 4) is 5.88 Å². The van der Waals surface area contributed by atoms with Gasteiger partial charge in [0.15, 0.2) is 5.69 Å². The molecule has 1 saturated heterocycles. The minimum absolute atomic E-state index is 0.0217. The molecular formula is C33H47N5O4. The summed E-state index contributed by atoms with van der Waals surface area (Å²) in [5.41, 5.74) is 3.78. The molecule has 228 valence electrons. The third kappa shape index (κ3) is 6.16. The van der Waals surface area contributed by atoms with Gasteiger partial charge in [-0.05, 0) is 109 Å². The minimum Gasteiger partial charge on any atom is -0.474 e. The lowest BCUT2D eigenvalue weighted by Gasteiger charge is -2.32. The molecule has 3 atom stereocenters. The van der Waals surface area contributed by atoms with E-state index in [0.29, 0.717) is 42.5 Å². The number of alkyl carbamates (subject to hydrolysis) is 1. The van der Waals surface area contributed by atoms with E-state index in [1.165, 1.54) is 11.3 Å². The summed E-state index contributed by atoms with van der Waals surface area (Å²) >= 11 is 0. The van der Waals surface area contributed by atoms with Gasteiger partial charge in [0.1, 0.15) is 11.7 Å². The fourth-order valence-electron chi connectivity index (χ4n) is 7.42. The zero-order valence-corrected chi connectivity index (χ0v) is 25.9. The highest BCUT2D eigenvalue weighted by Gasteiger charge is 2.56. The highest BCUT2D eigenvalue weighted by molar-refractivity contribution is 5.95. The molecule has 2 aromatic heterocycles. The summed E-state index contributed by atoms with van der Waals surface area (Å²) in [6.07, 6.45) is 9.66. The molecule has 9 heteroatoms. The molecule has 0 unspecified atom stereocenters. The van der Waals surface area contributed by atoms with Crippen LogP contribution in [0.5, 0.6) is 5.88 Å². The summed E-state index contributed by atoms with van der Waals surface area (Å²) in [5.74, 6) is 3.27. The first-order valence-corrected chi connectivity index (χ1v) is 16.0. The number of fused-ring (bicyclic) bond motifs is 3. The lowest BCUT2D eigenvalue weighted by Crippen LogP contribution is -2.47. The van der Waals surface area contributed by atoms with Crippen LogP contribution in [0.2, 0.25) is 0 Å². The van der Waals surface area contributed by atoms with Gasteiger partial charge in [-0.2, -0.15) is 5.10 Å². The Balaban J connectivity index is 1.04. The number of nitrogens with zero attached hydrogens (tertiary/aromatic N) is 4. The van der Waals surface area contributed by atoms with Gasteiger partial charge in [0.2, 0.25) is 5.88 Å². The third-order valence-corrected chi connectivity index (χ3v) is 9.91. The van der Waals surface area contributed by atoms with Crippen molar-refractivity contribution in [1.82, 2.24) is 25.0 Å². The Morgan fingerprint density at radius 1 is 1.10 bits per heavy atom. The Labute approximate surface area is 249 Å². The van der Waals surface area contributed by atoms with Crippen LogP contribution in [-0.2, 0) is 17.7 Å². The number of ether oxygens (including phenoxy) is 2. The van der Waals surface area contributed by atoms with E-state index < -0.39 is 5.60 Å². The van der Waals surface area contributed by atoms with Gasteiger partial charge in [0.05, 0.1) is 0 Å². The van der Waals surface area contributed by atoms with E-state index in [1.807, 2.05) is 44.7 Å². The van der Waals surface area contributed by atoms with Crippen molar-refractivity contribution in [2.45, 2.75) is 116 Å². The zero-order valence-electron chi connectivity index (χ0n) is 25.9. The molecule has 3 aliphatic carbocycles. The number of nitrogens with one attached hydrogen (secondary N) is 1. The summed E-state index contributed by atoms with van der Waals surface area (Å²) in [5, 5.41) is 7.97. The number of likely N-dealkylation sites (tertiary alicyclic amines) is 1. The van der Waals surface area contributed by atoms with E-state index in [0.717, 1.165) is 69.4 Å². The number of piperidine rings is 1. The Morgan fingerprint density at radius 3 is 2.52 bits per heavy atom. The fraction of sp³-hybridized carbons (Fsp3) is 0.697. The topological polar surface area (TPSA) is 98.6 Å². The number of aryl methyl sites for hydroxylation is 2. The van der Waals surface area contributed by atoms with Gasteiger partial charge in [-0.1, -0.05) is 13.0 Å². The van der Waals surface area contributed by atoms with E-state index in [-0.39, 0.29) is 24.1 Å². The van der Waals surface area contributed by atoms with Crippen molar-refractivity contribution in [3.63, 3.8) is 0 Å². The van der Waals surface area contributed by atoms with Crippen LogP contribution in [0, 0.1) is 24.7 Å². The number of pyridine rings is 1. The van der Waals surface area contributed by atoms with Crippen LogP contribution in [0.1, 0.15) is 106 Å². The Morgan fingerprint density at radius 2 is 1.83 bits per heavy atom. The second kappa shape index (κ2) is 11.5. The monoisotopic (exact) mass is 577 g/mol. The van der Waals surface area contributed by atoms with Crippen molar-refractivity contribution in [2.75, 3.05) is 13.1 Å². The molecule has 3 heterocycles. The predicted molar refractivity (Wildman–Crippen MR) is 160 cm³/mol. The van der Waals surface area contributed by atoms with Gasteiger partial charge in [-0.15, -0.1) is 0 Å². The number of hydrogen-bond donors (Lipinski definition) is 1. The zero-order chi connectivity index (χ0) is 29.6. The number of amides is 2. The van der Waals surface area contributed by atoms with Crippen LogP contribution in [-0.4, -0.2) is 62.5 Å². The molecule has 42 heavy (non-hydrogen) atoms. The second-order valence-electron chi connectivity index (χ2n) is 14.1. The number of carbonyl (C=O) groups excluding carboxylic acids is 2. The second-order valence-corrected chi connectivity index (χ2v) is 14.1. The van der Waals surface area contributed by atoms with Crippen LogP contribution < -0.4 is 10.1 Å².